The predicted molar refractivity (Wildman–Crippen MR) is 128 cm³/mol. The van der Waals surface area contributed by atoms with E-state index in [0.29, 0.717) is 22.3 Å². The van der Waals surface area contributed by atoms with Crippen molar-refractivity contribution in [2.75, 3.05) is 17.1 Å². The average molecular weight is 468 g/mol. The van der Waals surface area contributed by atoms with E-state index in [1.54, 1.807) is 51.0 Å². The maximum atomic E-state index is 12.6. The summed E-state index contributed by atoms with van der Waals surface area (Å²) in [6.07, 6.45) is 6.82. The summed E-state index contributed by atoms with van der Waals surface area (Å²) in [5.74, 6) is 1.02. The zero-order chi connectivity index (χ0) is 23.8. The Bertz CT molecular complexity index is 1430. The molecule has 172 valence electrons. The minimum absolute atomic E-state index is 0.145. The Morgan fingerprint density at radius 1 is 1.06 bits per heavy atom. The summed E-state index contributed by atoms with van der Waals surface area (Å²) < 4.78 is 34.1. The summed E-state index contributed by atoms with van der Waals surface area (Å²) in [4.78, 5) is 13.1. The lowest BCUT2D eigenvalue weighted by Gasteiger charge is -2.20. The molecule has 0 atom stereocenters. The van der Waals surface area contributed by atoms with Crippen molar-refractivity contribution in [3.8, 4) is 16.9 Å². The zero-order valence-electron chi connectivity index (χ0n) is 19.0. The number of rotatable bonds is 6. The number of pyridine rings is 1. The van der Waals surface area contributed by atoms with E-state index >= 15 is 0 Å². The van der Waals surface area contributed by atoms with Crippen molar-refractivity contribution in [3.63, 3.8) is 0 Å². The molecule has 4 rings (SSSR count). The van der Waals surface area contributed by atoms with E-state index in [-0.39, 0.29) is 11.8 Å². The molecule has 10 nitrogen and oxygen atoms in total. The second-order valence-electron chi connectivity index (χ2n) is 8.45. The van der Waals surface area contributed by atoms with Gasteiger partial charge in [-0.05, 0) is 44.5 Å². The molecule has 0 saturated carbocycles. The predicted octanol–water partition coefficient (Wildman–Crippen LogP) is 3.72. The molecule has 33 heavy (non-hydrogen) atoms. The highest BCUT2D eigenvalue weighted by molar-refractivity contribution is 7.94. The molecule has 0 aliphatic heterocycles. The molecule has 0 fully saturated rings. The highest BCUT2D eigenvalue weighted by atomic mass is 32.2. The number of hydrogen-bond acceptors (Lipinski definition) is 8. The van der Waals surface area contributed by atoms with Crippen molar-refractivity contribution >= 4 is 38.4 Å². The van der Waals surface area contributed by atoms with Crippen molar-refractivity contribution < 1.29 is 13.2 Å². The number of fused-ring (bicyclic) bond motifs is 1. The third-order valence-electron chi connectivity index (χ3n) is 5.02. The highest BCUT2D eigenvalue weighted by Crippen LogP contribution is 2.32. The third kappa shape index (κ3) is 4.58. The van der Waals surface area contributed by atoms with Gasteiger partial charge in [0.2, 0.25) is 16.0 Å². The number of aryl methyl sites for hydroxylation is 1. The van der Waals surface area contributed by atoms with Crippen LogP contribution in [0.15, 0.2) is 49.1 Å². The first-order chi connectivity index (χ1) is 15.6. The number of sulfonamides is 1. The second kappa shape index (κ2) is 8.32. The Morgan fingerprint density at radius 2 is 1.85 bits per heavy atom. The Kier molecular flexibility index (Phi) is 5.66. The van der Waals surface area contributed by atoms with Crippen LogP contribution in [0, 0.1) is 0 Å². The lowest BCUT2D eigenvalue weighted by molar-refractivity contribution is 0.417. The minimum Gasteiger partial charge on any atom is -0.495 e. The molecule has 11 heteroatoms. The van der Waals surface area contributed by atoms with E-state index in [2.05, 4.69) is 30.1 Å². The molecule has 0 spiro atoms. The van der Waals surface area contributed by atoms with Crippen LogP contribution >= 0.6 is 0 Å². The Hall–Kier alpha value is -3.73. The summed E-state index contributed by atoms with van der Waals surface area (Å²) in [5, 5.41) is 8.00. The number of nitrogens with one attached hydrogen (secondary N) is 2. The number of ether oxygens (including phenoxy) is 1. The monoisotopic (exact) mass is 467 g/mol. The number of anilines is 3. The number of aromatic nitrogens is 5. The first kappa shape index (κ1) is 22.5. The van der Waals surface area contributed by atoms with Crippen LogP contribution in [0.4, 0.5) is 17.5 Å². The summed E-state index contributed by atoms with van der Waals surface area (Å²) in [5.41, 5.74) is 2.96. The highest BCUT2D eigenvalue weighted by Gasteiger charge is 2.30. The van der Waals surface area contributed by atoms with Gasteiger partial charge in [-0.25, -0.2) is 23.4 Å². The van der Waals surface area contributed by atoms with Gasteiger partial charge in [-0.15, -0.1) is 0 Å². The van der Waals surface area contributed by atoms with Crippen molar-refractivity contribution in [2.45, 2.75) is 25.5 Å². The largest absolute Gasteiger partial charge is 0.495 e. The molecular formula is C22H25N7O3S. The molecule has 3 aromatic heterocycles. The number of nitrogens with zero attached hydrogens (tertiary/aromatic N) is 5. The van der Waals surface area contributed by atoms with Crippen LogP contribution < -0.4 is 14.8 Å². The first-order valence-electron chi connectivity index (χ1n) is 10.2. The van der Waals surface area contributed by atoms with Crippen LogP contribution in [-0.4, -0.2) is 45.0 Å². The van der Waals surface area contributed by atoms with Crippen LogP contribution in [0.1, 0.15) is 20.8 Å². The van der Waals surface area contributed by atoms with E-state index in [0.717, 1.165) is 11.1 Å². The summed E-state index contributed by atoms with van der Waals surface area (Å²) in [7, 11) is -0.233. The van der Waals surface area contributed by atoms with E-state index in [1.165, 1.54) is 6.20 Å². The quantitative estimate of drug-likeness (QED) is 0.440. The lowest BCUT2D eigenvalue weighted by atomic mass is 10.1. The maximum Gasteiger partial charge on any atom is 0.238 e. The molecule has 3 heterocycles. The number of benzene rings is 1. The molecule has 0 aliphatic carbocycles. The summed E-state index contributed by atoms with van der Waals surface area (Å²) in [6.45, 7) is 4.84. The Balaban J connectivity index is 1.68. The van der Waals surface area contributed by atoms with Crippen LogP contribution in [0.5, 0.6) is 5.75 Å². The van der Waals surface area contributed by atoms with Gasteiger partial charge < -0.3 is 10.1 Å². The lowest BCUT2D eigenvalue weighted by Crippen LogP contribution is -2.34. The minimum atomic E-state index is -3.67. The fraction of sp³-hybridized carbons (Fsp3) is 0.273. The average Bonchev–Trinajstić information content (AvgIpc) is 3.20. The van der Waals surface area contributed by atoms with Gasteiger partial charge in [0.1, 0.15) is 11.3 Å². The summed E-state index contributed by atoms with van der Waals surface area (Å²) >= 11 is 0. The van der Waals surface area contributed by atoms with Gasteiger partial charge in [0.25, 0.3) is 0 Å². The van der Waals surface area contributed by atoms with E-state index < -0.39 is 14.8 Å². The molecule has 0 amide bonds. The molecule has 0 bridgehead atoms. The molecule has 0 radical (unpaired) electrons. The fourth-order valence-electron chi connectivity index (χ4n) is 3.04. The van der Waals surface area contributed by atoms with Gasteiger partial charge in [-0.3, -0.25) is 9.40 Å². The summed E-state index contributed by atoms with van der Waals surface area (Å²) in [6, 6.07) is 7.41. The molecule has 0 saturated heterocycles. The standard InChI is InChI=1S/C22H25N7O3S/c1-22(2,3)33(30,31)28-20-19-15(8-9-23-20)11-24-21(27-19)26-17-7-6-14(10-18(17)32-5)16-12-25-29(4)13-16/h6-13H,1-5H3,(H,23,28)(H,24,26,27). The number of methoxy groups -OCH3 is 1. The van der Waals surface area contributed by atoms with Gasteiger partial charge in [-0.2, -0.15) is 5.10 Å². The van der Waals surface area contributed by atoms with Crippen molar-refractivity contribution in [3.05, 3.63) is 49.1 Å². The van der Waals surface area contributed by atoms with E-state index in [1.807, 2.05) is 31.4 Å². The van der Waals surface area contributed by atoms with Gasteiger partial charge in [-0.1, -0.05) is 6.07 Å². The smallest absolute Gasteiger partial charge is 0.238 e. The SMILES string of the molecule is COc1cc(-c2cnn(C)c2)ccc1Nc1ncc2ccnc(NS(=O)(=O)C(C)(C)C)c2n1. The molecule has 0 aliphatic rings. The first-order valence-corrected chi connectivity index (χ1v) is 11.6. The molecule has 4 aromatic rings. The van der Waals surface area contributed by atoms with Crippen LogP contribution in [-0.2, 0) is 17.1 Å². The Labute approximate surface area is 192 Å². The van der Waals surface area contributed by atoms with E-state index in [4.69, 9.17) is 4.74 Å². The molecular weight excluding hydrogens is 442 g/mol. The molecule has 1 aromatic carbocycles. The zero-order valence-corrected chi connectivity index (χ0v) is 19.8. The van der Waals surface area contributed by atoms with Gasteiger partial charge in [0.05, 0.1) is 23.7 Å². The normalized spacial score (nSPS) is 12.0. The maximum absolute atomic E-state index is 12.6. The van der Waals surface area contributed by atoms with Crippen LogP contribution in [0.25, 0.3) is 22.0 Å². The van der Waals surface area contributed by atoms with Crippen molar-refractivity contribution in [2.24, 2.45) is 7.05 Å². The number of hydrogen-bond donors (Lipinski definition) is 2. The van der Waals surface area contributed by atoms with Gasteiger partial charge in [0, 0.05) is 36.6 Å². The van der Waals surface area contributed by atoms with Gasteiger partial charge >= 0.3 is 0 Å². The van der Waals surface area contributed by atoms with Crippen LogP contribution in [0.3, 0.4) is 0 Å². The van der Waals surface area contributed by atoms with Crippen molar-refractivity contribution in [1.29, 1.82) is 0 Å². The van der Waals surface area contributed by atoms with Crippen molar-refractivity contribution in [1.82, 2.24) is 24.7 Å². The van der Waals surface area contributed by atoms with Gasteiger partial charge in [0.15, 0.2) is 5.82 Å². The van der Waals surface area contributed by atoms with E-state index in [9.17, 15) is 8.42 Å². The third-order valence-corrected chi connectivity index (χ3v) is 7.10. The molecule has 0 unspecified atom stereocenters. The second-order valence-corrected chi connectivity index (χ2v) is 10.9. The van der Waals surface area contributed by atoms with Crippen LogP contribution in [0.2, 0.25) is 0 Å². The topological polar surface area (TPSA) is 124 Å². The Morgan fingerprint density at radius 3 is 2.52 bits per heavy atom. The molecule has 2 N–H and O–H groups in total. The fourth-order valence-corrected chi connectivity index (χ4v) is 3.75.